The van der Waals surface area contributed by atoms with Crippen LogP contribution >= 0.6 is 27.7 Å². The Hall–Kier alpha value is -3.10. The molecular formula is C26H24BrN3O3S. The zero-order valence-corrected chi connectivity index (χ0v) is 21.7. The fourth-order valence-corrected chi connectivity index (χ4v) is 5.08. The molecule has 0 unspecified atom stereocenters. The van der Waals surface area contributed by atoms with Crippen LogP contribution in [-0.4, -0.2) is 33.1 Å². The van der Waals surface area contributed by atoms with Gasteiger partial charge in [-0.2, -0.15) is 0 Å². The summed E-state index contributed by atoms with van der Waals surface area (Å²) in [6, 6.07) is 15.1. The Labute approximate surface area is 211 Å². The van der Waals surface area contributed by atoms with Crippen molar-refractivity contribution < 1.29 is 14.4 Å². The number of aromatic nitrogens is 1. The highest BCUT2D eigenvalue weighted by molar-refractivity contribution is 9.10. The van der Waals surface area contributed by atoms with E-state index in [0.717, 1.165) is 54.9 Å². The van der Waals surface area contributed by atoms with E-state index in [9.17, 15) is 14.4 Å². The van der Waals surface area contributed by atoms with Gasteiger partial charge in [-0.15, -0.1) is 0 Å². The van der Waals surface area contributed by atoms with Gasteiger partial charge in [0.05, 0.1) is 4.91 Å². The summed E-state index contributed by atoms with van der Waals surface area (Å²) in [6.07, 6.45) is 1.73. The minimum Gasteiger partial charge on any atom is -0.325 e. The van der Waals surface area contributed by atoms with Crippen LogP contribution in [0.5, 0.6) is 0 Å². The predicted molar refractivity (Wildman–Crippen MR) is 140 cm³/mol. The number of hydrogen-bond acceptors (Lipinski definition) is 4. The molecule has 6 nitrogen and oxygen atoms in total. The van der Waals surface area contributed by atoms with E-state index >= 15 is 0 Å². The molecule has 4 rings (SSSR count). The quantitative estimate of drug-likeness (QED) is 0.396. The zero-order chi connectivity index (χ0) is 24.6. The van der Waals surface area contributed by atoms with Crippen molar-refractivity contribution >= 4 is 56.5 Å². The lowest BCUT2D eigenvalue weighted by Gasteiger charge is -2.13. The maximum Gasteiger partial charge on any atom is 0.294 e. The molecule has 0 bridgehead atoms. The number of benzene rings is 2. The van der Waals surface area contributed by atoms with E-state index in [0.29, 0.717) is 10.6 Å². The molecule has 1 aliphatic rings. The number of rotatable bonds is 5. The number of nitrogens with zero attached hydrogens (tertiary/aromatic N) is 2. The number of halogens is 1. The molecule has 0 spiro atoms. The number of nitrogens with one attached hydrogen (secondary N) is 1. The first kappa shape index (κ1) is 24.0. The average molecular weight is 538 g/mol. The van der Waals surface area contributed by atoms with E-state index in [1.165, 1.54) is 0 Å². The van der Waals surface area contributed by atoms with Gasteiger partial charge in [0.25, 0.3) is 11.1 Å². The molecule has 1 aromatic heterocycles. The Morgan fingerprint density at radius 1 is 1.03 bits per heavy atom. The largest absolute Gasteiger partial charge is 0.325 e. The number of carbonyl (C=O) groups excluding carboxylic acids is 3. The standard InChI is InChI=1S/C26H24BrN3O3S/c1-15-10-21(11-16(2)24(15)27)30-17(3)12-19(18(30)4)13-22-25(32)29(26(33)34-22)14-23(31)28-20-8-6-5-7-9-20/h5-13H,14H2,1-4H3,(H,28,31)/b22-13-. The zero-order valence-electron chi connectivity index (χ0n) is 19.3. The molecule has 1 fully saturated rings. The number of anilines is 1. The van der Waals surface area contributed by atoms with Crippen LogP contribution in [0.1, 0.15) is 28.1 Å². The number of thioether (sulfide) groups is 1. The van der Waals surface area contributed by atoms with Crippen molar-refractivity contribution in [3.8, 4) is 5.69 Å². The van der Waals surface area contributed by atoms with Crippen LogP contribution in [0, 0.1) is 27.7 Å². The molecule has 0 aliphatic carbocycles. The van der Waals surface area contributed by atoms with Gasteiger partial charge in [-0.05, 0) is 92.6 Å². The van der Waals surface area contributed by atoms with E-state index in [1.54, 1.807) is 30.3 Å². The number of imide groups is 1. The van der Waals surface area contributed by atoms with E-state index in [1.807, 2.05) is 26.0 Å². The lowest BCUT2D eigenvalue weighted by Crippen LogP contribution is -2.36. The lowest BCUT2D eigenvalue weighted by atomic mass is 10.1. The van der Waals surface area contributed by atoms with E-state index < -0.39 is 17.1 Å². The number of carbonyl (C=O) groups is 3. The maximum absolute atomic E-state index is 12.9. The Morgan fingerprint density at radius 3 is 2.32 bits per heavy atom. The van der Waals surface area contributed by atoms with Gasteiger partial charge in [-0.3, -0.25) is 19.3 Å². The number of para-hydroxylation sites is 1. The highest BCUT2D eigenvalue weighted by Gasteiger charge is 2.36. The molecule has 174 valence electrons. The van der Waals surface area contributed by atoms with Gasteiger partial charge in [0.1, 0.15) is 6.54 Å². The van der Waals surface area contributed by atoms with E-state index in [2.05, 4.69) is 51.8 Å². The Morgan fingerprint density at radius 2 is 1.68 bits per heavy atom. The predicted octanol–water partition coefficient (Wildman–Crippen LogP) is 6.15. The monoisotopic (exact) mass is 537 g/mol. The number of hydrogen-bond donors (Lipinski definition) is 1. The van der Waals surface area contributed by atoms with Gasteiger partial charge in [0.15, 0.2) is 0 Å². The van der Waals surface area contributed by atoms with Crippen molar-refractivity contribution in [2.75, 3.05) is 11.9 Å². The highest BCUT2D eigenvalue weighted by atomic mass is 79.9. The Balaban J connectivity index is 1.57. The summed E-state index contributed by atoms with van der Waals surface area (Å²) in [6.45, 7) is 7.78. The Kier molecular flexibility index (Phi) is 6.81. The van der Waals surface area contributed by atoms with Gasteiger partial charge >= 0.3 is 0 Å². The lowest BCUT2D eigenvalue weighted by molar-refractivity contribution is -0.127. The molecular weight excluding hydrogens is 514 g/mol. The molecule has 3 aromatic rings. The third-order valence-electron chi connectivity index (χ3n) is 5.67. The van der Waals surface area contributed by atoms with Gasteiger partial charge in [-0.1, -0.05) is 34.1 Å². The summed E-state index contributed by atoms with van der Waals surface area (Å²) in [5, 5.41) is 2.25. The van der Waals surface area contributed by atoms with Crippen LogP contribution in [0.2, 0.25) is 0 Å². The molecule has 3 amide bonds. The fraction of sp³-hybridized carbons (Fsp3) is 0.192. The minimum atomic E-state index is -0.460. The smallest absolute Gasteiger partial charge is 0.294 e. The second kappa shape index (κ2) is 9.64. The van der Waals surface area contributed by atoms with Crippen LogP contribution in [0.15, 0.2) is 57.9 Å². The van der Waals surface area contributed by atoms with Crippen LogP contribution in [0.25, 0.3) is 11.8 Å². The minimum absolute atomic E-state index is 0.306. The second-order valence-electron chi connectivity index (χ2n) is 8.24. The SMILES string of the molecule is Cc1cc(-n2c(C)cc(/C=C3\SC(=O)N(CC(=O)Nc4ccccc4)C3=O)c2C)cc(C)c1Br. The van der Waals surface area contributed by atoms with Gasteiger partial charge in [0, 0.05) is 27.2 Å². The number of amides is 3. The Bertz CT molecular complexity index is 1320. The first-order valence-electron chi connectivity index (χ1n) is 10.7. The van der Waals surface area contributed by atoms with Gasteiger partial charge in [-0.25, -0.2) is 0 Å². The summed E-state index contributed by atoms with van der Waals surface area (Å²) in [7, 11) is 0. The first-order chi connectivity index (χ1) is 16.2. The summed E-state index contributed by atoms with van der Waals surface area (Å²) in [5.41, 5.74) is 6.77. The van der Waals surface area contributed by atoms with E-state index in [4.69, 9.17) is 0 Å². The molecule has 1 aliphatic heterocycles. The highest BCUT2D eigenvalue weighted by Crippen LogP contribution is 2.34. The molecule has 0 atom stereocenters. The summed E-state index contributed by atoms with van der Waals surface area (Å²) in [4.78, 5) is 39.1. The third kappa shape index (κ3) is 4.74. The molecule has 34 heavy (non-hydrogen) atoms. The van der Waals surface area contributed by atoms with Crippen LogP contribution in [0.4, 0.5) is 10.5 Å². The van der Waals surface area contributed by atoms with Crippen molar-refractivity contribution in [2.45, 2.75) is 27.7 Å². The number of aryl methyl sites for hydroxylation is 3. The maximum atomic E-state index is 12.9. The normalized spacial score (nSPS) is 14.9. The topological polar surface area (TPSA) is 71.4 Å². The molecule has 2 aromatic carbocycles. The van der Waals surface area contributed by atoms with Crippen molar-refractivity contribution in [2.24, 2.45) is 0 Å². The average Bonchev–Trinajstić information content (AvgIpc) is 3.21. The second-order valence-corrected chi connectivity index (χ2v) is 10.0. The van der Waals surface area contributed by atoms with Crippen LogP contribution in [0.3, 0.4) is 0 Å². The molecule has 0 saturated carbocycles. The van der Waals surface area contributed by atoms with Crippen molar-refractivity contribution in [3.63, 3.8) is 0 Å². The summed E-state index contributed by atoms with van der Waals surface area (Å²) >= 11 is 4.47. The van der Waals surface area contributed by atoms with Crippen molar-refractivity contribution in [1.29, 1.82) is 0 Å². The molecule has 1 saturated heterocycles. The molecule has 8 heteroatoms. The van der Waals surface area contributed by atoms with Crippen molar-refractivity contribution in [1.82, 2.24) is 9.47 Å². The summed E-state index contributed by atoms with van der Waals surface area (Å²) < 4.78 is 3.22. The van der Waals surface area contributed by atoms with Crippen molar-refractivity contribution in [3.05, 3.63) is 86.0 Å². The summed E-state index contributed by atoms with van der Waals surface area (Å²) in [5.74, 6) is -0.882. The van der Waals surface area contributed by atoms with E-state index in [-0.39, 0.29) is 6.54 Å². The van der Waals surface area contributed by atoms with Crippen LogP contribution in [-0.2, 0) is 9.59 Å². The van der Waals surface area contributed by atoms with Gasteiger partial charge < -0.3 is 9.88 Å². The molecule has 0 radical (unpaired) electrons. The molecule has 1 N–H and O–H groups in total. The van der Waals surface area contributed by atoms with Crippen LogP contribution < -0.4 is 5.32 Å². The van der Waals surface area contributed by atoms with Gasteiger partial charge in [0.2, 0.25) is 5.91 Å². The first-order valence-corrected chi connectivity index (χ1v) is 12.3. The third-order valence-corrected chi connectivity index (χ3v) is 7.83. The molecule has 2 heterocycles. The fourth-order valence-electron chi connectivity index (χ4n) is 4.03.